The largest absolute Gasteiger partial charge is 0.457 e. The molecule has 0 radical (unpaired) electrons. The molecular formula is C19H22N2O3S. The van der Waals surface area contributed by atoms with E-state index in [0.29, 0.717) is 38.6 Å². The maximum Gasteiger partial charge on any atom is 0.349 e. The molecule has 2 bridgehead atoms. The number of aryl methyl sites for hydroxylation is 2. The number of aromatic nitrogens is 2. The molecule has 2 aromatic heterocycles. The van der Waals surface area contributed by atoms with Crippen molar-refractivity contribution in [1.82, 2.24) is 9.55 Å². The number of hydrogen-bond donors (Lipinski definition) is 0. The van der Waals surface area contributed by atoms with Crippen LogP contribution >= 0.6 is 11.3 Å². The van der Waals surface area contributed by atoms with Gasteiger partial charge in [0.25, 0.3) is 5.56 Å². The lowest BCUT2D eigenvalue weighted by Gasteiger charge is -2.56. The SMILES string of the molecule is Cc1c(C(=O)OCC2=CCC3CC2C3(C)C)sc2ncn(C)c(=O)c12. The Morgan fingerprint density at radius 3 is 2.92 bits per heavy atom. The molecule has 2 atom stereocenters. The molecule has 0 amide bonds. The first-order valence-corrected chi connectivity index (χ1v) is 9.43. The molecule has 0 N–H and O–H groups in total. The highest BCUT2D eigenvalue weighted by Gasteiger charge is 2.51. The van der Waals surface area contributed by atoms with Crippen LogP contribution in [0.1, 0.15) is 41.9 Å². The maximum atomic E-state index is 12.6. The summed E-state index contributed by atoms with van der Waals surface area (Å²) in [6, 6.07) is 0. The molecule has 0 spiro atoms. The van der Waals surface area contributed by atoms with Crippen molar-refractivity contribution in [3.05, 3.63) is 38.8 Å². The van der Waals surface area contributed by atoms with E-state index in [1.165, 1.54) is 34.2 Å². The fraction of sp³-hybridized carbons (Fsp3) is 0.526. The van der Waals surface area contributed by atoms with Gasteiger partial charge in [0.05, 0.1) is 11.7 Å². The molecule has 2 unspecified atom stereocenters. The van der Waals surface area contributed by atoms with Crippen molar-refractivity contribution in [2.75, 3.05) is 6.61 Å². The van der Waals surface area contributed by atoms with Gasteiger partial charge in [-0.1, -0.05) is 19.9 Å². The third-order valence-electron chi connectivity index (χ3n) is 6.15. The quantitative estimate of drug-likeness (QED) is 0.623. The van der Waals surface area contributed by atoms with Crippen molar-refractivity contribution >= 4 is 27.5 Å². The van der Waals surface area contributed by atoms with Crippen LogP contribution in [0.2, 0.25) is 0 Å². The van der Waals surface area contributed by atoms with Gasteiger partial charge in [-0.05, 0) is 48.2 Å². The Bertz CT molecular complexity index is 967. The molecule has 0 aromatic carbocycles. The number of ether oxygens (including phenoxy) is 1. The average Bonchev–Trinajstić information content (AvgIpc) is 2.93. The highest BCUT2D eigenvalue weighted by atomic mass is 32.1. The van der Waals surface area contributed by atoms with Crippen molar-refractivity contribution < 1.29 is 9.53 Å². The number of nitrogens with zero attached hydrogens (tertiary/aromatic N) is 2. The molecule has 6 heteroatoms. The van der Waals surface area contributed by atoms with Crippen molar-refractivity contribution in [2.24, 2.45) is 24.3 Å². The first-order valence-electron chi connectivity index (χ1n) is 8.61. The van der Waals surface area contributed by atoms with E-state index in [4.69, 9.17) is 4.74 Å². The minimum Gasteiger partial charge on any atom is -0.457 e. The molecule has 1 fully saturated rings. The van der Waals surface area contributed by atoms with E-state index in [1.807, 2.05) is 0 Å². The van der Waals surface area contributed by atoms with Gasteiger partial charge < -0.3 is 9.30 Å². The zero-order valence-corrected chi connectivity index (χ0v) is 15.8. The summed E-state index contributed by atoms with van der Waals surface area (Å²) in [4.78, 5) is 30.2. The van der Waals surface area contributed by atoms with Gasteiger partial charge in [-0.15, -0.1) is 11.3 Å². The lowest BCUT2D eigenvalue weighted by Crippen LogP contribution is -2.48. The second kappa shape index (κ2) is 5.53. The van der Waals surface area contributed by atoms with Crippen LogP contribution in [0.15, 0.2) is 22.8 Å². The summed E-state index contributed by atoms with van der Waals surface area (Å²) in [5.74, 6) is 0.934. The molecule has 5 nitrogen and oxygen atoms in total. The third kappa shape index (κ3) is 2.38. The standard InChI is InChI=1S/C19H22N2O3S/c1-10-14-16(20-9-21(4)17(14)22)25-15(10)18(23)24-8-11-5-6-12-7-13(11)19(12,2)3/h5,9,12-13H,6-8H2,1-4H3. The van der Waals surface area contributed by atoms with Crippen molar-refractivity contribution in [2.45, 2.75) is 33.6 Å². The number of fused-ring (bicyclic) bond motifs is 2. The van der Waals surface area contributed by atoms with Crippen LogP contribution in [0, 0.1) is 24.2 Å². The Morgan fingerprint density at radius 2 is 2.24 bits per heavy atom. The summed E-state index contributed by atoms with van der Waals surface area (Å²) >= 11 is 1.23. The lowest BCUT2D eigenvalue weighted by atomic mass is 9.49. The first-order chi connectivity index (χ1) is 11.8. The molecule has 2 heterocycles. The molecule has 3 aliphatic rings. The first kappa shape index (κ1) is 16.5. The van der Waals surface area contributed by atoms with Crippen LogP contribution in [0.3, 0.4) is 0 Å². The fourth-order valence-electron chi connectivity index (χ4n) is 4.26. The van der Waals surface area contributed by atoms with E-state index in [9.17, 15) is 9.59 Å². The van der Waals surface area contributed by atoms with Crippen molar-refractivity contribution in [3.8, 4) is 0 Å². The summed E-state index contributed by atoms with van der Waals surface area (Å²) in [5, 5.41) is 0.516. The van der Waals surface area contributed by atoms with Gasteiger partial charge in [0.15, 0.2) is 0 Å². The Morgan fingerprint density at radius 1 is 1.48 bits per heavy atom. The number of carbonyl (C=O) groups excluding carboxylic acids is 1. The third-order valence-corrected chi connectivity index (χ3v) is 7.33. The number of rotatable bonds is 3. The van der Waals surface area contributed by atoms with Crippen LogP contribution in [0.4, 0.5) is 0 Å². The zero-order chi connectivity index (χ0) is 17.9. The monoisotopic (exact) mass is 358 g/mol. The molecule has 1 saturated carbocycles. The van der Waals surface area contributed by atoms with E-state index in [1.54, 1.807) is 14.0 Å². The normalized spacial score (nSPS) is 23.9. The Balaban J connectivity index is 1.55. The van der Waals surface area contributed by atoms with E-state index in [0.717, 1.165) is 12.3 Å². The smallest absolute Gasteiger partial charge is 0.349 e. The fourth-order valence-corrected chi connectivity index (χ4v) is 5.29. The molecule has 0 saturated heterocycles. The maximum absolute atomic E-state index is 12.6. The minimum atomic E-state index is -0.359. The van der Waals surface area contributed by atoms with Crippen LogP contribution in [-0.2, 0) is 11.8 Å². The van der Waals surface area contributed by atoms with E-state index < -0.39 is 0 Å². The van der Waals surface area contributed by atoms with E-state index >= 15 is 0 Å². The van der Waals surface area contributed by atoms with Crippen LogP contribution in [-0.4, -0.2) is 22.1 Å². The summed E-state index contributed by atoms with van der Waals surface area (Å²) in [6.07, 6.45) is 6.01. The van der Waals surface area contributed by atoms with Gasteiger partial charge in [0.2, 0.25) is 0 Å². The predicted molar refractivity (Wildman–Crippen MR) is 98.0 cm³/mol. The Kier molecular flexibility index (Phi) is 3.65. The summed E-state index contributed by atoms with van der Waals surface area (Å²) in [6.45, 7) is 6.74. The summed E-state index contributed by atoms with van der Waals surface area (Å²) < 4.78 is 7.03. The number of allylic oxidation sites excluding steroid dienone is 1. The molecule has 132 valence electrons. The van der Waals surface area contributed by atoms with Gasteiger partial charge in [-0.25, -0.2) is 9.78 Å². The molecular weight excluding hydrogens is 336 g/mol. The molecule has 0 aliphatic heterocycles. The molecule has 25 heavy (non-hydrogen) atoms. The topological polar surface area (TPSA) is 61.2 Å². The summed E-state index contributed by atoms with van der Waals surface area (Å²) in [7, 11) is 1.66. The number of hydrogen-bond acceptors (Lipinski definition) is 5. The Labute approximate surface area is 150 Å². The van der Waals surface area contributed by atoms with Gasteiger partial charge in [-0.3, -0.25) is 4.79 Å². The molecule has 5 rings (SSSR count). The van der Waals surface area contributed by atoms with Crippen LogP contribution in [0.5, 0.6) is 0 Å². The van der Waals surface area contributed by atoms with Crippen LogP contribution < -0.4 is 5.56 Å². The Hall–Kier alpha value is -1.95. The zero-order valence-electron chi connectivity index (χ0n) is 15.0. The van der Waals surface area contributed by atoms with Crippen molar-refractivity contribution in [1.29, 1.82) is 0 Å². The predicted octanol–water partition coefficient (Wildman–Crippen LogP) is 3.45. The average molecular weight is 358 g/mol. The van der Waals surface area contributed by atoms with Gasteiger partial charge in [0.1, 0.15) is 16.3 Å². The lowest BCUT2D eigenvalue weighted by molar-refractivity contribution is -0.0154. The highest BCUT2D eigenvalue weighted by Crippen LogP contribution is 2.59. The van der Waals surface area contributed by atoms with Gasteiger partial charge in [0, 0.05) is 7.05 Å². The second-order valence-electron chi connectivity index (χ2n) is 7.79. The van der Waals surface area contributed by atoms with Crippen LogP contribution in [0.25, 0.3) is 10.2 Å². The van der Waals surface area contributed by atoms with E-state index in [-0.39, 0.29) is 11.5 Å². The second-order valence-corrected chi connectivity index (χ2v) is 8.79. The minimum absolute atomic E-state index is 0.130. The number of esters is 1. The number of thiophene rings is 1. The van der Waals surface area contributed by atoms with E-state index in [2.05, 4.69) is 24.9 Å². The molecule has 2 aromatic rings. The number of carbonyl (C=O) groups is 1. The van der Waals surface area contributed by atoms with Gasteiger partial charge >= 0.3 is 5.97 Å². The van der Waals surface area contributed by atoms with Crippen molar-refractivity contribution in [3.63, 3.8) is 0 Å². The van der Waals surface area contributed by atoms with Gasteiger partial charge in [-0.2, -0.15) is 0 Å². The molecule has 3 aliphatic carbocycles. The summed E-state index contributed by atoms with van der Waals surface area (Å²) in [5.41, 5.74) is 2.10. The highest BCUT2D eigenvalue weighted by molar-refractivity contribution is 7.20.